The average Bonchev–Trinajstić information content (AvgIpc) is 1.85. The van der Waals surface area contributed by atoms with E-state index in [9.17, 15) is 9.59 Å². The van der Waals surface area contributed by atoms with Gasteiger partial charge in [-0.1, -0.05) is 0 Å². The lowest BCUT2D eigenvalue weighted by Crippen LogP contribution is -2.24. The maximum Gasteiger partial charge on any atom is 0.255 e. The van der Waals surface area contributed by atoms with Gasteiger partial charge in [0.1, 0.15) is 6.10 Å². The molecule has 0 aromatic carbocycles. The summed E-state index contributed by atoms with van der Waals surface area (Å²) in [4.78, 5) is 20.4. The zero-order chi connectivity index (χ0) is 6.15. The van der Waals surface area contributed by atoms with Gasteiger partial charge in [0.25, 0.3) is 5.91 Å². The van der Waals surface area contributed by atoms with Crippen molar-refractivity contribution in [1.29, 1.82) is 0 Å². The van der Waals surface area contributed by atoms with E-state index in [4.69, 9.17) is 5.11 Å². The van der Waals surface area contributed by atoms with Crippen molar-refractivity contribution in [1.82, 2.24) is 11.5 Å². The van der Waals surface area contributed by atoms with Gasteiger partial charge in [-0.3, -0.25) is 14.9 Å². The topological polar surface area (TPSA) is 101 Å². The van der Waals surface area contributed by atoms with E-state index in [1.165, 1.54) is 0 Å². The van der Waals surface area contributed by atoms with Crippen LogP contribution in [0.3, 0.4) is 0 Å². The largest absolute Gasteiger partial charge is 0.383 e. The number of carbonyl (C=O) groups is 2. The second-order valence-electron chi connectivity index (χ2n) is 1.63. The molecule has 0 aromatic heterocycles. The second kappa shape index (κ2) is 2.56. The molecule has 0 aromatic rings. The highest BCUT2D eigenvalue weighted by Gasteiger charge is 2.27. The Morgan fingerprint density at radius 1 is 1.56 bits per heavy atom. The van der Waals surface area contributed by atoms with E-state index in [-0.39, 0.29) is 12.6 Å². The summed E-state index contributed by atoms with van der Waals surface area (Å²) in [6.45, 7) is 0. The average molecular weight is 132 g/mol. The molecule has 0 saturated carbocycles. The lowest BCUT2D eigenvalue weighted by molar-refractivity contribution is -0.127. The van der Waals surface area contributed by atoms with Crippen molar-refractivity contribution in [2.45, 2.75) is 12.5 Å². The Kier molecular flexibility index (Phi) is 2.29. The first-order valence-electron chi connectivity index (χ1n) is 2.22. The standard InChI is InChI=1S/C4H5NO3.H3N/c6-2-1-3(7)5-4(2)8;/h2,6H,1H2,(H,5,7,8);1H3. The molecule has 0 radical (unpaired) electrons. The van der Waals surface area contributed by atoms with E-state index in [0.717, 1.165) is 0 Å². The molecule has 1 heterocycles. The van der Waals surface area contributed by atoms with Gasteiger partial charge in [-0.2, -0.15) is 0 Å². The van der Waals surface area contributed by atoms with Gasteiger partial charge in [0.15, 0.2) is 0 Å². The van der Waals surface area contributed by atoms with Gasteiger partial charge in [0.05, 0.1) is 6.42 Å². The van der Waals surface area contributed by atoms with Crippen molar-refractivity contribution >= 4 is 11.8 Å². The third-order valence-electron chi connectivity index (χ3n) is 0.944. The molecule has 5 heteroatoms. The zero-order valence-corrected chi connectivity index (χ0v) is 4.76. The molecule has 52 valence electrons. The number of aliphatic hydroxyl groups is 1. The minimum absolute atomic E-state index is 0. The quantitative estimate of drug-likeness (QED) is 0.351. The van der Waals surface area contributed by atoms with Crippen molar-refractivity contribution in [3.63, 3.8) is 0 Å². The fourth-order valence-corrected chi connectivity index (χ4v) is 0.540. The molecule has 0 aliphatic carbocycles. The van der Waals surface area contributed by atoms with Gasteiger partial charge in [-0.05, 0) is 0 Å². The lowest BCUT2D eigenvalue weighted by atomic mass is 10.3. The smallest absolute Gasteiger partial charge is 0.255 e. The second-order valence-corrected chi connectivity index (χ2v) is 1.63. The first-order valence-corrected chi connectivity index (χ1v) is 2.22. The zero-order valence-electron chi connectivity index (χ0n) is 4.76. The molecular formula is C4H8N2O3. The molecule has 1 rings (SSSR count). The number of rotatable bonds is 0. The van der Waals surface area contributed by atoms with E-state index in [0.29, 0.717) is 0 Å². The van der Waals surface area contributed by atoms with Gasteiger partial charge >= 0.3 is 0 Å². The summed E-state index contributed by atoms with van der Waals surface area (Å²) in [7, 11) is 0. The normalized spacial score (nSPS) is 25.2. The number of imide groups is 1. The van der Waals surface area contributed by atoms with Crippen LogP contribution in [0.1, 0.15) is 6.42 Å². The van der Waals surface area contributed by atoms with Gasteiger partial charge in [0, 0.05) is 0 Å². The number of hydrogen-bond donors (Lipinski definition) is 3. The van der Waals surface area contributed by atoms with Crippen LogP contribution in [0, 0.1) is 0 Å². The Morgan fingerprint density at radius 2 is 2.11 bits per heavy atom. The molecule has 1 aliphatic rings. The molecule has 9 heavy (non-hydrogen) atoms. The molecule has 5 nitrogen and oxygen atoms in total. The Hall–Kier alpha value is -0.940. The Morgan fingerprint density at radius 3 is 2.22 bits per heavy atom. The summed E-state index contributed by atoms with van der Waals surface area (Å²) in [5, 5.41) is 10.5. The molecule has 1 unspecified atom stereocenters. The van der Waals surface area contributed by atoms with Crippen LogP contribution in [-0.2, 0) is 9.59 Å². The SMILES string of the molecule is N.O=C1CC(O)C(=O)N1. The van der Waals surface area contributed by atoms with Gasteiger partial charge in [0.2, 0.25) is 5.91 Å². The van der Waals surface area contributed by atoms with Gasteiger partial charge in [-0.15, -0.1) is 0 Å². The fourth-order valence-electron chi connectivity index (χ4n) is 0.540. The lowest BCUT2D eigenvalue weighted by Gasteiger charge is -1.88. The maximum atomic E-state index is 10.2. The van der Waals surface area contributed by atoms with Crippen molar-refractivity contribution in [2.75, 3.05) is 0 Å². The maximum absolute atomic E-state index is 10.2. The van der Waals surface area contributed by atoms with E-state index >= 15 is 0 Å². The van der Waals surface area contributed by atoms with Gasteiger partial charge < -0.3 is 11.3 Å². The Bertz CT molecular complexity index is 145. The summed E-state index contributed by atoms with van der Waals surface area (Å²) in [6, 6.07) is 0. The third kappa shape index (κ3) is 1.48. The van der Waals surface area contributed by atoms with E-state index in [1.807, 2.05) is 5.32 Å². The Labute approximate surface area is 51.6 Å². The van der Waals surface area contributed by atoms with Crippen LogP contribution < -0.4 is 11.5 Å². The number of nitrogens with one attached hydrogen (secondary N) is 1. The fraction of sp³-hybridized carbons (Fsp3) is 0.500. The number of carbonyl (C=O) groups excluding carboxylic acids is 2. The van der Waals surface area contributed by atoms with Crippen LogP contribution in [0.4, 0.5) is 0 Å². The van der Waals surface area contributed by atoms with Crippen LogP contribution in [0.2, 0.25) is 0 Å². The summed E-state index contributed by atoms with van der Waals surface area (Å²) in [5.41, 5.74) is 0. The summed E-state index contributed by atoms with van der Waals surface area (Å²) in [6.07, 6.45) is -1.19. The molecule has 1 atom stereocenters. The molecule has 2 amide bonds. The molecule has 1 saturated heterocycles. The van der Waals surface area contributed by atoms with Crippen molar-refractivity contribution in [3.8, 4) is 0 Å². The van der Waals surface area contributed by atoms with Crippen LogP contribution in [0.25, 0.3) is 0 Å². The van der Waals surface area contributed by atoms with Crippen molar-refractivity contribution < 1.29 is 14.7 Å². The summed E-state index contributed by atoms with van der Waals surface area (Å²) in [5.74, 6) is -0.988. The first kappa shape index (κ1) is 8.06. The predicted octanol–water partition coefficient (Wildman–Crippen LogP) is -1.44. The van der Waals surface area contributed by atoms with Gasteiger partial charge in [-0.25, -0.2) is 0 Å². The van der Waals surface area contributed by atoms with Crippen molar-refractivity contribution in [2.24, 2.45) is 0 Å². The minimum Gasteiger partial charge on any atom is -0.383 e. The Balaban J connectivity index is 0.000000640. The molecule has 0 bridgehead atoms. The van der Waals surface area contributed by atoms with E-state index in [2.05, 4.69) is 0 Å². The van der Waals surface area contributed by atoms with Crippen LogP contribution in [0.15, 0.2) is 0 Å². The molecule has 1 fully saturated rings. The van der Waals surface area contributed by atoms with Crippen LogP contribution >= 0.6 is 0 Å². The monoisotopic (exact) mass is 132 g/mol. The predicted molar refractivity (Wildman–Crippen MR) is 28.8 cm³/mol. The van der Waals surface area contributed by atoms with Crippen LogP contribution in [0.5, 0.6) is 0 Å². The minimum atomic E-state index is -1.11. The van der Waals surface area contributed by atoms with Crippen molar-refractivity contribution in [3.05, 3.63) is 0 Å². The summed E-state index contributed by atoms with van der Waals surface area (Å²) < 4.78 is 0. The van der Waals surface area contributed by atoms with E-state index in [1.54, 1.807) is 0 Å². The summed E-state index contributed by atoms with van der Waals surface area (Å²) >= 11 is 0. The highest BCUT2D eigenvalue weighted by molar-refractivity contribution is 6.04. The number of aliphatic hydroxyl groups excluding tert-OH is 1. The highest BCUT2D eigenvalue weighted by Crippen LogP contribution is 1.98. The molecule has 0 spiro atoms. The molecule has 1 aliphatic heterocycles. The van der Waals surface area contributed by atoms with E-state index < -0.39 is 17.9 Å². The number of hydrogen-bond acceptors (Lipinski definition) is 4. The number of amides is 2. The van der Waals surface area contributed by atoms with Crippen LogP contribution in [-0.4, -0.2) is 23.0 Å². The molecular weight excluding hydrogens is 124 g/mol. The third-order valence-corrected chi connectivity index (χ3v) is 0.944. The molecule has 5 N–H and O–H groups in total. The first-order chi connectivity index (χ1) is 3.70. The highest BCUT2D eigenvalue weighted by atomic mass is 16.3.